The number of rotatable bonds is 6. The van der Waals surface area contributed by atoms with E-state index in [9.17, 15) is 4.79 Å². The third-order valence-corrected chi connectivity index (χ3v) is 2.52. The van der Waals surface area contributed by atoms with E-state index in [2.05, 4.69) is 22.5 Å². The highest BCUT2D eigenvalue weighted by Crippen LogP contribution is 2.09. The average molecular weight is 224 g/mol. The summed E-state index contributed by atoms with van der Waals surface area (Å²) in [6, 6.07) is -0.217. The van der Waals surface area contributed by atoms with Crippen LogP contribution in [-0.4, -0.2) is 29.1 Å². The molecule has 0 fully saturated rings. The number of nitrogens with zero attached hydrogens (tertiary/aromatic N) is 2. The lowest BCUT2D eigenvalue weighted by molar-refractivity contribution is -0.123. The fourth-order valence-electron chi connectivity index (χ4n) is 1.55. The van der Waals surface area contributed by atoms with Crippen LogP contribution in [0.5, 0.6) is 0 Å². The fraction of sp³-hybridized carbons (Fsp3) is 0.636. The van der Waals surface area contributed by atoms with Crippen LogP contribution in [-0.2, 0) is 11.3 Å². The Morgan fingerprint density at radius 1 is 1.62 bits per heavy atom. The van der Waals surface area contributed by atoms with Crippen LogP contribution >= 0.6 is 0 Å². The first-order chi connectivity index (χ1) is 7.70. The zero-order valence-corrected chi connectivity index (χ0v) is 10.2. The van der Waals surface area contributed by atoms with Crippen LogP contribution in [0.1, 0.15) is 32.0 Å². The zero-order chi connectivity index (χ0) is 12.0. The summed E-state index contributed by atoms with van der Waals surface area (Å²) in [6.45, 7) is 5.70. The van der Waals surface area contributed by atoms with E-state index >= 15 is 0 Å². The van der Waals surface area contributed by atoms with Crippen molar-refractivity contribution < 1.29 is 4.79 Å². The molecule has 1 atom stereocenters. The molecule has 16 heavy (non-hydrogen) atoms. The minimum Gasteiger partial charge on any atom is -0.357 e. The van der Waals surface area contributed by atoms with Crippen molar-refractivity contribution in [3.05, 3.63) is 18.2 Å². The summed E-state index contributed by atoms with van der Waals surface area (Å²) in [5.74, 6) is -0.00487. The molecule has 5 nitrogen and oxygen atoms in total. The molecular weight excluding hydrogens is 204 g/mol. The standard InChI is InChI=1S/C11H20N4O/c1-4-5-13-6-10-7-14-8-15(10)9(2)11(16)12-3/h7-9,13H,4-6H2,1-3H3,(H,12,16). The van der Waals surface area contributed by atoms with Crippen molar-refractivity contribution in [2.75, 3.05) is 13.6 Å². The molecule has 0 radical (unpaired) electrons. The second-order valence-electron chi connectivity index (χ2n) is 3.76. The lowest BCUT2D eigenvalue weighted by Gasteiger charge is -2.15. The molecule has 90 valence electrons. The number of carbonyl (C=O) groups is 1. The van der Waals surface area contributed by atoms with E-state index in [1.807, 2.05) is 11.5 Å². The summed E-state index contributed by atoms with van der Waals surface area (Å²) >= 11 is 0. The Balaban J connectivity index is 2.66. The van der Waals surface area contributed by atoms with E-state index in [-0.39, 0.29) is 11.9 Å². The number of imidazole rings is 1. The molecule has 1 unspecified atom stereocenters. The molecule has 1 aromatic rings. The first-order valence-corrected chi connectivity index (χ1v) is 5.63. The number of amides is 1. The predicted molar refractivity (Wildman–Crippen MR) is 63.0 cm³/mol. The van der Waals surface area contributed by atoms with E-state index in [1.165, 1.54) is 0 Å². The van der Waals surface area contributed by atoms with E-state index in [0.717, 1.165) is 25.2 Å². The second kappa shape index (κ2) is 6.27. The highest BCUT2D eigenvalue weighted by molar-refractivity contribution is 5.79. The molecule has 1 heterocycles. The van der Waals surface area contributed by atoms with Crippen LogP contribution in [0.25, 0.3) is 0 Å². The normalized spacial score (nSPS) is 12.4. The van der Waals surface area contributed by atoms with Gasteiger partial charge in [0.05, 0.1) is 12.0 Å². The first kappa shape index (κ1) is 12.7. The molecule has 0 aliphatic carbocycles. The Bertz CT molecular complexity index is 334. The smallest absolute Gasteiger partial charge is 0.242 e. The molecule has 2 N–H and O–H groups in total. The zero-order valence-electron chi connectivity index (χ0n) is 10.2. The summed E-state index contributed by atoms with van der Waals surface area (Å²) in [4.78, 5) is 15.6. The quantitative estimate of drug-likeness (QED) is 0.699. The van der Waals surface area contributed by atoms with Crippen molar-refractivity contribution in [3.8, 4) is 0 Å². The van der Waals surface area contributed by atoms with Gasteiger partial charge in [0.2, 0.25) is 5.91 Å². The van der Waals surface area contributed by atoms with Gasteiger partial charge in [-0.15, -0.1) is 0 Å². The van der Waals surface area contributed by atoms with Crippen LogP contribution < -0.4 is 10.6 Å². The summed E-state index contributed by atoms with van der Waals surface area (Å²) in [5.41, 5.74) is 1.03. The Morgan fingerprint density at radius 3 is 3.00 bits per heavy atom. The topological polar surface area (TPSA) is 59.0 Å². The highest BCUT2D eigenvalue weighted by atomic mass is 16.2. The fourth-order valence-corrected chi connectivity index (χ4v) is 1.55. The van der Waals surface area contributed by atoms with Crippen molar-refractivity contribution >= 4 is 5.91 Å². The third-order valence-electron chi connectivity index (χ3n) is 2.52. The Morgan fingerprint density at radius 2 is 2.38 bits per heavy atom. The molecule has 0 bridgehead atoms. The monoisotopic (exact) mass is 224 g/mol. The summed E-state index contributed by atoms with van der Waals surface area (Å²) in [7, 11) is 1.64. The number of aromatic nitrogens is 2. The van der Waals surface area contributed by atoms with Gasteiger partial charge < -0.3 is 15.2 Å². The van der Waals surface area contributed by atoms with E-state index in [4.69, 9.17) is 0 Å². The Labute approximate surface area is 96.3 Å². The maximum atomic E-state index is 11.5. The van der Waals surface area contributed by atoms with Crippen molar-refractivity contribution in [1.82, 2.24) is 20.2 Å². The van der Waals surface area contributed by atoms with Gasteiger partial charge in [-0.25, -0.2) is 4.98 Å². The van der Waals surface area contributed by atoms with Gasteiger partial charge in [-0.3, -0.25) is 4.79 Å². The minimum atomic E-state index is -0.217. The maximum absolute atomic E-state index is 11.5. The lowest BCUT2D eigenvalue weighted by Crippen LogP contribution is -2.29. The summed E-state index contributed by atoms with van der Waals surface area (Å²) in [5, 5.41) is 5.94. The molecule has 0 aliphatic rings. The van der Waals surface area contributed by atoms with Gasteiger partial charge in [0.15, 0.2) is 0 Å². The Hall–Kier alpha value is -1.36. The van der Waals surface area contributed by atoms with Crippen LogP contribution in [0.3, 0.4) is 0 Å². The maximum Gasteiger partial charge on any atom is 0.242 e. The van der Waals surface area contributed by atoms with Gasteiger partial charge in [0.1, 0.15) is 6.04 Å². The summed E-state index contributed by atoms with van der Waals surface area (Å²) < 4.78 is 1.89. The van der Waals surface area contributed by atoms with Gasteiger partial charge in [-0.1, -0.05) is 6.92 Å². The first-order valence-electron chi connectivity index (χ1n) is 5.63. The molecule has 1 rings (SSSR count). The third kappa shape index (κ3) is 3.06. The largest absolute Gasteiger partial charge is 0.357 e. The molecule has 1 aromatic heterocycles. The van der Waals surface area contributed by atoms with Gasteiger partial charge in [-0.2, -0.15) is 0 Å². The van der Waals surface area contributed by atoms with Gasteiger partial charge in [0.25, 0.3) is 0 Å². The molecule has 0 saturated heterocycles. The summed E-state index contributed by atoms with van der Waals surface area (Å²) in [6.07, 6.45) is 4.59. The van der Waals surface area contributed by atoms with Crippen LogP contribution in [0.4, 0.5) is 0 Å². The molecule has 0 aliphatic heterocycles. The number of likely N-dealkylation sites (N-methyl/N-ethyl adjacent to an activating group) is 1. The second-order valence-corrected chi connectivity index (χ2v) is 3.76. The highest BCUT2D eigenvalue weighted by Gasteiger charge is 2.15. The Kier molecular flexibility index (Phi) is 4.98. The molecular formula is C11H20N4O. The number of carbonyl (C=O) groups excluding carboxylic acids is 1. The SMILES string of the molecule is CCCNCc1cncn1C(C)C(=O)NC. The van der Waals surface area contributed by atoms with Crippen molar-refractivity contribution in [2.24, 2.45) is 0 Å². The van der Waals surface area contributed by atoms with Crippen molar-refractivity contribution in [1.29, 1.82) is 0 Å². The minimum absolute atomic E-state index is 0.00487. The molecule has 1 amide bonds. The van der Waals surface area contributed by atoms with Gasteiger partial charge >= 0.3 is 0 Å². The van der Waals surface area contributed by atoms with E-state index in [1.54, 1.807) is 19.6 Å². The average Bonchev–Trinajstić information content (AvgIpc) is 2.75. The number of hydrogen-bond donors (Lipinski definition) is 2. The van der Waals surface area contributed by atoms with E-state index in [0.29, 0.717) is 0 Å². The van der Waals surface area contributed by atoms with Crippen molar-refractivity contribution in [3.63, 3.8) is 0 Å². The van der Waals surface area contributed by atoms with Crippen LogP contribution in [0.15, 0.2) is 12.5 Å². The molecule has 0 saturated carbocycles. The van der Waals surface area contributed by atoms with Crippen LogP contribution in [0, 0.1) is 0 Å². The van der Waals surface area contributed by atoms with Gasteiger partial charge in [-0.05, 0) is 19.9 Å². The van der Waals surface area contributed by atoms with E-state index < -0.39 is 0 Å². The predicted octanol–water partition coefficient (Wildman–Crippen LogP) is 0.690. The molecule has 0 spiro atoms. The number of hydrogen-bond acceptors (Lipinski definition) is 3. The van der Waals surface area contributed by atoms with Crippen molar-refractivity contribution in [2.45, 2.75) is 32.9 Å². The molecule has 0 aromatic carbocycles. The lowest BCUT2D eigenvalue weighted by atomic mass is 10.3. The van der Waals surface area contributed by atoms with Crippen LogP contribution in [0.2, 0.25) is 0 Å². The number of nitrogens with one attached hydrogen (secondary N) is 2. The van der Waals surface area contributed by atoms with Gasteiger partial charge in [0, 0.05) is 19.8 Å². The molecule has 5 heteroatoms.